The van der Waals surface area contributed by atoms with Crippen LogP contribution >= 0.6 is 0 Å². The van der Waals surface area contributed by atoms with E-state index in [-0.39, 0.29) is 24.7 Å². The molecular formula is C18H18F3NO2. The van der Waals surface area contributed by atoms with Gasteiger partial charge in [0.15, 0.2) is 23.2 Å². The fraction of sp³-hybridized carbons (Fsp3) is 0.278. The van der Waals surface area contributed by atoms with Crippen LogP contribution in [-0.4, -0.2) is 24.5 Å². The Morgan fingerprint density at radius 2 is 1.79 bits per heavy atom. The van der Waals surface area contributed by atoms with Crippen molar-refractivity contribution in [2.45, 2.75) is 19.4 Å². The van der Waals surface area contributed by atoms with Crippen LogP contribution in [0.2, 0.25) is 0 Å². The molecule has 24 heavy (non-hydrogen) atoms. The molecule has 1 amide bonds. The number of para-hydroxylation sites is 1. The average Bonchev–Trinajstić information content (AvgIpc) is 2.57. The van der Waals surface area contributed by atoms with Crippen LogP contribution in [-0.2, 0) is 4.79 Å². The molecule has 3 nitrogen and oxygen atoms in total. The van der Waals surface area contributed by atoms with E-state index >= 15 is 0 Å². The third kappa shape index (κ3) is 4.28. The van der Waals surface area contributed by atoms with Gasteiger partial charge in [0.05, 0.1) is 19.1 Å². The van der Waals surface area contributed by atoms with Gasteiger partial charge in [0.2, 0.25) is 5.91 Å². The number of benzene rings is 2. The molecule has 2 rings (SSSR count). The fourth-order valence-corrected chi connectivity index (χ4v) is 2.20. The molecule has 0 aliphatic rings. The van der Waals surface area contributed by atoms with Crippen LogP contribution in [0.3, 0.4) is 0 Å². The molecule has 0 bridgehead atoms. The number of hydrogen-bond donors (Lipinski definition) is 0. The Labute approximate surface area is 138 Å². The molecular weight excluding hydrogens is 319 g/mol. The Balaban J connectivity index is 1.91. The summed E-state index contributed by atoms with van der Waals surface area (Å²) in [5.41, 5.74) is 0.486. The van der Waals surface area contributed by atoms with Crippen LogP contribution in [0.25, 0.3) is 0 Å². The Morgan fingerprint density at radius 3 is 2.46 bits per heavy atom. The summed E-state index contributed by atoms with van der Waals surface area (Å²) in [5, 5.41) is 0. The summed E-state index contributed by atoms with van der Waals surface area (Å²) in [4.78, 5) is 13.6. The molecule has 1 unspecified atom stereocenters. The lowest BCUT2D eigenvalue weighted by atomic mass is 10.1. The maximum Gasteiger partial charge on any atom is 0.226 e. The Hall–Kier alpha value is -2.50. The topological polar surface area (TPSA) is 29.5 Å². The van der Waals surface area contributed by atoms with E-state index in [1.807, 2.05) is 0 Å². The standard InChI is InChI=1S/C18H18F3NO2/c1-12(13-7-8-14(19)16(21)11-13)22(2)18(23)9-10-24-17-6-4-3-5-15(17)20/h3-8,11-12H,9-10H2,1-2H3. The SMILES string of the molecule is CC(c1ccc(F)c(F)c1)N(C)C(=O)CCOc1ccccc1F. The van der Waals surface area contributed by atoms with Crippen molar-refractivity contribution in [1.29, 1.82) is 0 Å². The second-order valence-electron chi connectivity index (χ2n) is 5.38. The van der Waals surface area contributed by atoms with Crippen LogP contribution in [0.15, 0.2) is 42.5 Å². The maximum absolute atomic E-state index is 13.4. The van der Waals surface area contributed by atoms with Crippen molar-refractivity contribution >= 4 is 5.91 Å². The monoisotopic (exact) mass is 337 g/mol. The summed E-state index contributed by atoms with van der Waals surface area (Å²) < 4.78 is 44.9. The highest BCUT2D eigenvalue weighted by Gasteiger charge is 2.18. The van der Waals surface area contributed by atoms with E-state index in [4.69, 9.17) is 4.74 Å². The highest BCUT2D eigenvalue weighted by Crippen LogP contribution is 2.22. The van der Waals surface area contributed by atoms with Crippen molar-refractivity contribution in [2.75, 3.05) is 13.7 Å². The highest BCUT2D eigenvalue weighted by atomic mass is 19.2. The van der Waals surface area contributed by atoms with Gasteiger partial charge in [-0.25, -0.2) is 13.2 Å². The van der Waals surface area contributed by atoms with Crippen molar-refractivity contribution < 1.29 is 22.7 Å². The van der Waals surface area contributed by atoms with Crippen LogP contribution in [0.4, 0.5) is 13.2 Å². The average molecular weight is 337 g/mol. The Kier molecular flexibility index (Phi) is 5.84. The summed E-state index contributed by atoms with van der Waals surface area (Å²) in [7, 11) is 1.57. The van der Waals surface area contributed by atoms with Crippen molar-refractivity contribution in [3.8, 4) is 5.75 Å². The number of halogens is 3. The third-order valence-electron chi connectivity index (χ3n) is 3.81. The van der Waals surface area contributed by atoms with Gasteiger partial charge in [-0.1, -0.05) is 18.2 Å². The Morgan fingerprint density at radius 1 is 1.08 bits per heavy atom. The van der Waals surface area contributed by atoms with E-state index in [1.54, 1.807) is 26.1 Å². The largest absolute Gasteiger partial charge is 0.490 e. The molecule has 0 saturated carbocycles. The molecule has 0 N–H and O–H groups in total. The van der Waals surface area contributed by atoms with E-state index in [9.17, 15) is 18.0 Å². The van der Waals surface area contributed by atoms with Gasteiger partial charge in [0, 0.05) is 7.05 Å². The summed E-state index contributed by atoms with van der Waals surface area (Å²) in [6.45, 7) is 1.73. The van der Waals surface area contributed by atoms with E-state index in [2.05, 4.69) is 0 Å². The maximum atomic E-state index is 13.4. The van der Waals surface area contributed by atoms with Crippen LogP contribution in [0.1, 0.15) is 24.9 Å². The summed E-state index contributed by atoms with van der Waals surface area (Å²) in [6.07, 6.45) is 0.0405. The molecule has 0 saturated heterocycles. The van der Waals surface area contributed by atoms with Gasteiger partial charge in [-0.2, -0.15) is 0 Å². The quantitative estimate of drug-likeness (QED) is 0.794. The summed E-state index contributed by atoms with van der Waals surface area (Å²) in [5.74, 6) is -2.54. The molecule has 1 atom stereocenters. The highest BCUT2D eigenvalue weighted by molar-refractivity contribution is 5.76. The zero-order valence-corrected chi connectivity index (χ0v) is 13.4. The number of hydrogen-bond acceptors (Lipinski definition) is 2. The van der Waals surface area contributed by atoms with Gasteiger partial charge in [0.25, 0.3) is 0 Å². The lowest BCUT2D eigenvalue weighted by Crippen LogP contribution is -2.30. The van der Waals surface area contributed by atoms with Crippen LogP contribution in [0, 0.1) is 17.5 Å². The first-order valence-electron chi connectivity index (χ1n) is 7.48. The van der Waals surface area contributed by atoms with Crippen molar-refractivity contribution in [3.05, 3.63) is 65.5 Å². The first-order chi connectivity index (χ1) is 11.4. The molecule has 6 heteroatoms. The minimum atomic E-state index is -0.955. The first-order valence-corrected chi connectivity index (χ1v) is 7.48. The predicted octanol–water partition coefficient (Wildman–Crippen LogP) is 4.09. The van der Waals surface area contributed by atoms with Crippen LogP contribution in [0.5, 0.6) is 5.75 Å². The smallest absolute Gasteiger partial charge is 0.226 e. The normalized spacial score (nSPS) is 11.9. The zero-order chi connectivity index (χ0) is 17.7. The van der Waals surface area contributed by atoms with Gasteiger partial charge >= 0.3 is 0 Å². The number of carbonyl (C=O) groups excluding carboxylic acids is 1. The number of carbonyl (C=O) groups is 1. The lowest BCUT2D eigenvalue weighted by Gasteiger charge is -2.25. The predicted molar refractivity (Wildman–Crippen MR) is 84.1 cm³/mol. The second-order valence-corrected chi connectivity index (χ2v) is 5.38. The van der Waals surface area contributed by atoms with Crippen molar-refractivity contribution in [3.63, 3.8) is 0 Å². The van der Waals surface area contributed by atoms with Crippen LogP contribution < -0.4 is 4.74 Å². The number of nitrogens with zero attached hydrogens (tertiary/aromatic N) is 1. The number of rotatable bonds is 6. The van der Waals surface area contributed by atoms with E-state index < -0.39 is 23.5 Å². The molecule has 0 aromatic heterocycles. The van der Waals surface area contributed by atoms with E-state index in [0.717, 1.165) is 12.1 Å². The van der Waals surface area contributed by atoms with Gasteiger partial charge in [-0.15, -0.1) is 0 Å². The second kappa shape index (κ2) is 7.86. The molecule has 0 spiro atoms. The van der Waals surface area contributed by atoms with Gasteiger partial charge in [-0.3, -0.25) is 4.79 Å². The third-order valence-corrected chi connectivity index (χ3v) is 3.81. The minimum absolute atomic E-state index is 0.0224. The number of ether oxygens (including phenoxy) is 1. The fourth-order valence-electron chi connectivity index (χ4n) is 2.20. The number of amides is 1. The molecule has 0 aliphatic heterocycles. The first kappa shape index (κ1) is 17.8. The summed E-state index contributed by atoms with van der Waals surface area (Å²) in [6, 6.07) is 9.04. The molecule has 0 aliphatic carbocycles. The molecule has 2 aromatic carbocycles. The van der Waals surface area contributed by atoms with Crippen molar-refractivity contribution in [1.82, 2.24) is 4.90 Å². The van der Waals surface area contributed by atoms with Gasteiger partial charge in [-0.05, 0) is 36.8 Å². The Bertz CT molecular complexity index is 721. The summed E-state index contributed by atoms with van der Waals surface area (Å²) >= 11 is 0. The van der Waals surface area contributed by atoms with Gasteiger partial charge < -0.3 is 9.64 Å². The molecule has 128 valence electrons. The zero-order valence-electron chi connectivity index (χ0n) is 13.4. The molecule has 2 aromatic rings. The molecule has 0 heterocycles. The lowest BCUT2D eigenvalue weighted by molar-refractivity contribution is -0.132. The van der Waals surface area contributed by atoms with Gasteiger partial charge in [0.1, 0.15) is 0 Å². The van der Waals surface area contributed by atoms with Crippen molar-refractivity contribution in [2.24, 2.45) is 0 Å². The van der Waals surface area contributed by atoms with E-state index in [0.29, 0.717) is 5.56 Å². The molecule has 0 fully saturated rings. The minimum Gasteiger partial charge on any atom is -0.490 e. The van der Waals surface area contributed by atoms with E-state index in [1.165, 1.54) is 23.1 Å². The molecule has 0 radical (unpaired) electrons.